The maximum atomic E-state index is 3.77. The van der Waals surface area contributed by atoms with E-state index >= 15 is 0 Å². The monoisotopic (exact) mass is 324 g/mol. The molecule has 136 valence electrons. The van der Waals surface area contributed by atoms with Gasteiger partial charge in [-0.2, -0.15) is 0 Å². The molecule has 2 rings (SSSR count). The Hall–Kier alpha value is -0.160. The lowest BCUT2D eigenvalue weighted by atomic mass is 10.1. The van der Waals surface area contributed by atoms with E-state index in [4.69, 9.17) is 0 Å². The second-order valence-electron chi connectivity index (χ2n) is 7.40. The van der Waals surface area contributed by atoms with Gasteiger partial charge in [0.25, 0.3) is 0 Å². The van der Waals surface area contributed by atoms with Gasteiger partial charge in [0.1, 0.15) is 0 Å². The summed E-state index contributed by atoms with van der Waals surface area (Å²) in [6.07, 6.45) is 4.02. The average Bonchev–Trinajstić information content (AvgIpc) is 3.44. The van der Waals surface area contributed by atoms with Gasteiger partial charge in [-0.05, 0) is 65.5 Å². The molecular weight excluding hydrogens is 284 g/mol. The molecule has 0 spiro atoms. The number of hydrogen-bond donors (Lipinski definition) is 1. The molecule has 0 aromatic carbocycles. The molecule has 1 saturated heterocycles. The Bertz CT molecular complexity index is 327. The van der Waals surface area contributed by atoms with Crippen molar-refractivity contribution in [3.05, 3.63) is 0 Å². The number of nitrogens with one attached hydrogen (secondary N) is 1. The van der Waals surface area contributed by atoms with Gasteiger partial charge in [0.15, 0.2) is 0 Å². The first-order valence-corrected chi connectivity index (χ1v) is 10.1. The van der Waals surface area contributed by atoms with E-state index < -0.39 is 0 Å². The minimum atomic E-state index is 0.735. The van der Waals surface area contributed by atoms with Crippen molar-refractivity contribution in [3.63, 3.8) is 0 Å². The van der Waals surface area contributed by atoms with Gasteiger partial charge in [-0.1, -0.05) is 27.7 Å². The Balaban J connectivity index is 1.54. The first kappa shape index (κ1) is 19.2. The minimum Gasteiger partial charge on any atom is -0.312 e. The van der Waals surface area contributed by atoms with Crippen LogP contribution < -0.4 is 5.32 Å². The highest BCUT2D eigenvalue weighted by Crippen LogP contribution is 2.38. The van der Waals surface area contributed by atoms with Crippen LogP contribution in [0.3, 0.4) is 0 Å². The van der Waals surface area contributed by atoms with Gasteiger partial charge in [-0.3, -0.25) is 4.90 Å². The van der Waals surface area contributed by atoms with Crippen molar-refractivity contribution in [2.24, 2.45) is 0 Å². The van der Waals surface area contributed by atoms with Gasteiger partial charge < -0.3 is 15.1 Å². The predicted octanol–water partition coefficient (Wildman–Crippen LogP) is 2.25. The fourth-order valence-electron chi connectivity index (χ4n) is 4.10. The van der Waals surface area contributed by atoms with E-state index in [9.17, 15) is 0 Å². The molecule has 0 aromatic rings. The Morgan fingerprint density at radius 3 is 2.39 bits per heavy atom. The van der Waals surface area contributed by atoms with Crippen molar-refractivity contribution in [2.45, 2.75) is 78.0 Å². The van der Waals surface area contributed by atoms with E-state index in [1.807, 2.05) is 0 Å². The zero-order valence-corrected chi connectivity index (χ0v) is 16.2. The normalized spacial score (nSPS) is 30.9. The topological polar surface area (TPSA) is 21.5 Å². The van der Waals surface area contributed by atoms with E-state index in [1.54, 1.807) is 0 Å². The van der Waals surface area contributed by atoms with Crippen LogP contribution in [0.4, 0.5) is 0 Å². The number of nitrogens with zero attached hydrogens (tertiary/aromatic N) is 3. The smallest absolute Gasteiger partial charge is 0.0269 e. The van der Waals surface area contributed by atoms with E-state index in [2.05, 4.69) is 54.6 Å². The maximum Gasteiger partial charge on any atom is 0.0269 e. The zero-order valence-electron chi connectivity index (χ0n) is 16.2. The molecule has 4 nitrogen and oxygen atoms in total. The maximum absolute atomic E-state index is 3.77. The second-order valence-corrected chi connectivity index (χ2v) is 7.40. The van der Waals surface area contributed by atoms with Gasteiger partial charge in [-0.25, -0.2) is 0 Å². The van der Waals surface area contributed by atoms with Gasteiger partial charge >= 0.3 is 0 Å². The molecule has 1 aliphatic heterocycles. The molecule has 5 atom stereocenters. The third-order valence-corrected chi connectivity index (χ3v) is 5.94. The predicted molar refractivity (Wildman–Crippen MR) is 100 cm³/mol. The first-order chi connectivity index (χ1) is 11.1. The third kappa shape index (κ3) is 5.70. The van der Waals surface area contributed by atoms with E-state index in [0.29, 0.717) is 0 Å². The molecule has 5 unspecified atom stereocenters. The quantitative estimate of drug-likeness (QED) is 0.414. The molecule has 1 heterocycles. The van der Waals surface area contributed by atoms with Crippen molar-refractivity contribution < 1.29 is 0 Å². The molecule has 2 aliphatic rings. The molecule has 0 amide bonds. The van der Waals surface area contributed by atoms with Gasteiger partial charge in [-0.15, -0.1) is 0 Å². The number of hydrogen-bond acceptors (Lipinski definition) is 4. The first-order valence-electron chi connectivity index (χ1n) is 10.1. The largest absolute Gasteiger partial charge is 0.312 e. The fourth-order valence-corrected chi connectivity index (χ4v) is 4.10. The molecular formula is C19H40N4. The van der Waals surface area contributed by atoms with Crippen LogP contribution in [0.15, 0.2) is 0 Å². The molecule has 1 N–H and O–H groups in total. The molecule has 2 fully saturated rings. The van der Waals surface area contributed by atoms with Gasteiger partial charge in [0.05, 0.1) is 0 Å². The van der Waals surface area contributed by atoms with Crippen LogP contribution in [0.1, 0.15) is 53.9 Å². The lowest BCUT2D eigenvalue weighted by Crippen LogP contribution is -2.34. The van der Waals surface area contributed by atoms with Crippen molar-refractivity contribution in [3.8, 4) is 0 Å². The number of rotatable bonds is 13. The highest BCUT2D eigenvalue weighted by Gasteiger charge is 2.51. The summed E-state index contributed by atoms with van der Waals surface area (Å²) < 4.78 is 0. The van der Waals surface area contributed by atoms with Crippen LogP contribution in [-0.2, 0) is 0 Å². The van der Waals surface area contributed by atoms with Crippen LogP contribution in [0.2, 0.25) is 0 Å². The molecule has 0 radical (unpaired) electrons. The molecule has 4 heteroatoms. The summed E-state index contributed by atoms with van der Waals surface area (Å²) in [5, 5.41) is 3.77. The standard InChI is InChI=1S/C19H40N4/c1-6-21(7-2)12-10-11-20-18-14-19(18)23-15-17(23)13-16(5)22(8-3)9-4/h16-20H,6-15H2,1-5H3. The molecule has 0 aromatic heterocycles. The van der Waals surface area contributed by atoms with E-state index in [0.717, 1.165) is 24.2 Å². The Kier molecular flexibility index (Phi) is 7.80. The van der Waals surface area contributed by atoms with Crippen molar-refractivity contribution >= 4 is 0 Å². The van der Waals surface area contributed by atoms with Crippen LogP contribution in [0, 0.1) is 0 Å². The summed E-state index contributed by atoms with van der Waals surface area (Å²) in [4.78, 5) is 7.84. The summed E-state index contributed by atoms with van der Waals surface area (Å²) in [5.74, 6) is 0. The molecule has 1 saturated carbocycles. The van der Waals surface area contributed by atoms with Gasteiger partial charge in [0, 0.05) is 30.7 Å². The van der Waals surface area contributed by atoms with Crippen molar-refractivity contribution in [1.82, 2.24) is 20.0 Å². The van der Waals surface area contributed by atoms with E-state index in [-0.39, 0.29) is 0 Å². The third-order valence-electron chi connectivity index (χ3n) is 5.94. The molecule has 23 heavy (non-hydrogen) atoms. The highest BCUT2D eigenvalue weighted by molar-refractivity contribution is 5.09. The van der Waals surface area contributed by atoms with Crippen LogP contribution >= 0.6 is 0 Å². The minimum absolute atomic E-state index is 0.735. The fraction of sp³-hybridized carbons (Fsp3) is 1.00. The Morgan fingerprint density at radius 2 is 1.78 bits per heavy atom. The summed E-state index contributed by atoms with van der Waals surface area (Å²) in [6, 6.07) is 3.22. The van der Waals surface area contributed by atoms with Crippen LogP contribution in [0.5, 0.6) is 0 Å². The summed E-state index contributed by atoms with van der Waals surface area (Å²) in [7, 11) is 0. The molecule has 1 aliphatic carbocycles. The molecule has 0 bridgehead atoms. The lowest BCUT2D eigenvalue weighted by molar-refractivity contribution is 0.214. The van der Waals surface area contributed by atoms with Crippen LogP contribution in [-0.4, -0.2) is 84.7 Å². The Morgan fingerprint density at radius 1 is 1.09 bits per heavy atom. The van der Waals surface area contributed by atoms with Crippen molar-refractivity contribution in [1.29, 1.82) is 0 Å². The van der Waals surface area contributed by atoms with E-state index in [1.165, 1.54) is 65.1 Å². The van der Waals surface area contributed by atoms with Crippen molar-refractivity contribution in [2.75, 3.05) is 45.8 Å². The SMILES string of the molecule is CCN(CC)CCCNC1CC1N1CC1CC(C)N(CC)CC. The highest BCUT2D eigenvalue weighted by atomic mass is 15.4. The Labute approximate surface area is 144 Å². The zero-order chi connectivity index (χ0) is 16.8. The average molecular weight is 325 g/mol. The summed E-state index contributed by atoms with van der Waals surface area (Å²) >= 11 is 0. The lowest BCUT2D eigenvalue weighted by Gasteiger charge is -2.26. The van der Waals surface area contributed by atoms with Gasteiger partial charge in [0.2, 0.25) is 0 Å². The van der Waals surface area contributed by atoms with Crippen LogP contribution in [0.25, 0.3) is 0 Å². The summed E-state index contributed by atoms with van der Waals surface area (Å²) in [5.41, 5.74) is 0. The second kappa shape index (κ2) is 9.36. The summed E-state index contributed by atoms with van der Waals surface area (Å²) in [6.45, 7) is 20.0.